The van der Waals surface area contributed by atoms with Crippen molar-refractivity contribution in [2.24, 2.45) is 0 Å². The number of benzene rings is 1. The molecule has 0 aliphatic rings. The lowest BCUT2D eigenvalue weighted by Gasteiger charge is -2.02. The SMILES string of the molecule is Cc1nc(NC(=O)CSc2ccc(F)c(F)c2)sc1-c1ccccn1. The second-order valence-electron chi connectivity index (χ2n) is 5.06. The quantitative estimate of drug-likeness (QED) is 0.664. The number of carbonyl (C=O) groups is 1. The molecule has 1 aromatic carbocycles. The van der Waals surface area contributed by atoms with Crippen molar-refractivity contribution in [3.05, 3.63) is 59.9 Å². The number of hydrogen-bond donors (Lipinski definition) is 1. The standard InChI is InChI=1S/C17H13F2N3OS2/c1-10-16(14-4-2-3-7-20-14)25-17(21-10)22-15(23)9-24-11-5-6-12(18)13(19)8-11/h2-8H,9H2,1H3,(H,21,22,23). The van der Waals surface area contributed by atoms with Gasteiger partial charge >= 0.3 is 0 Å². The molecule has 0 aliphatic carbocycles. The molecule has 0 atom stereocenters. The van der Waals surface area contributed by atoms with Gasteiger partial charge in [0.05, 0.1) is 22.0 Å². The molecule has 0 spiro atoms. The second-order valence-corrected chi connectivity index (χ2v) is 7.11. The molecule has 0 radical (unpaired) electrons. The number of rotatable bonds is 5. The minimum Gasteiger partial charge on any atom is -0.301 e. The Morgan fingerprint density at radius 1 is 1.24 bits per heavy atom. The molecule has 0 saturated heterocycles. The first-order valence-electron chi connectivity index (χ1n) is 7.29. The Balaban J connectivity index is 1.62. The first-order chi connectivity index (χ1) is 12.0. The van der Waals surface area contributed by atoms with Gasteiger partial charge in [-0.15, -0.1) is 11.8 Å². The number of aryl methyl sites for hydroxylation is 1. The van der Waals surface area contributed by atoms with Gasteiger partial charge in [0.15, 0.2) is 16.8 Å². The average Bonchev–Trinajstić information content (AvgIpc) is 2.97. The van der Waals surface area contributed by atoms with Crippen LogP contribution in [0.4, 0.5) is 13.9 Å². The van der Waals surface area contributed by atoms with E-state index in [1.54, 1.807) is 6.20 Å². The predicted molar refractivity (Wildman–Crippen MR) is 95.8 cm³/mol. The maximum Gasteiger partial charge on any atom is 0.236 e. The van der Waals surface area contributed by atoms with Crippen LogP contribution in [0.15, 0.2) is 47.5 Å². The van der Waals surface area contributed by atoms with Gasteiger partial charge in [0.2, 0.25) is 5.91 Å². The molecule has 0 saturated carbocycles. The molecule has 2 heterocycles. The van der Waals surface area contributed by atoms with E-state index in [-0.39, 0.29) is 11.7 Å². The summed E-state index contributed by atoms with van der Waals surface area (Å²) in [5, 5.41) is 3.20. The van der Waals surface area contributed by atoms with Crippen LogP contribution in [0, 0.1) is 18.6 Å². The highest BCUT2D eigenvalue weighted by atomic mass is 32.2. The highest BCUT2D eigenvalue weighted by molar-refractivity contribution is 8.00. The van der Waals surface area contributed by atoms with Crippen LogP contribution in [0.5, 0.6) is 0 Å². The predicted octanol–water partition coefficient (Wildman–Crippen LogP) is 4.52. The third kappa shape index (κ3) is 4.40. The number of nitrogens with one attached hydrogen (secondary N) is 1. The Labute approximate surface area is 151 Å². The molecule has 1 N–H and O–H groups in total. The van der Waals surface area contributed by atoms with Crippen LogP contribution in [-0.2, 0) is 4.79 Å². The van der Waals surface area contributed by atoms with Gasteiger partial charge in [-0.05, 0) is 37.3 Å². The minimum atomic E-state index is -0.930. The number of anilines is 1. The number of thioether (sulfide) groups is 1. The number of amides is 1. The number of aromatic nitrogens is 2. The van der Waals surface area contributed by atoms with Crippen molar-refractivity contribution in [3.63, 3.8) is 0 Å². The summed E-state index contributed by atoms with van der Waals surface area (Å²) in [6.45, 7) is 1.85. The molecule has 1 amide bonds. The zero-order chi connectivity index (χ0) is 17.8. The van der Waals surface area contributed by atoms with E-state index in [1.807, 2.05) is 25.1 Å². The third-order valence-electron chi connectivity index (χ3n) is 3.20. The molecule has 128 valence electrons. The van der Waals surface area contributed by atoms with Crippen molar-refractivity contribution in [1.82, 2.24) is 9.97 Å². The van der Waals surface area contributed by atoms with Crippen molar-refractivity contribution < 1.29 is 13.6 Å². The van der Waals surface area contributed by atoms with Gasteiger partial charge in [-0.3, -0.25) is 9.78 Å². The molecule has 0 aliphatic heterocycles. The summed E-state index contributed by atoms with van der Waals surface area (Å²) in [7, 11) is 0. The second kappa shape index (κ2) is 7.71. The number of pyridine rings is 1. The van der Waals surface area contributed by atoms with Crippen molar-refractivity contribution in [1.29, 1.82) is 0 Å². The van der Waals surface area contributed by atoms with E-state index < -0.39 is 11.6 Å². The van der Waals surface area contributed by atoms with Crippen molar-refractivity contribution in [2.45, 2.75) is 11.8 Å². The zero-order valence-corrected chi connectivity index (χ0v) is 14.8. The zero-order valence-electron chi connectivity index (χ0n) is 13.1. The third-order valence-corrected chi connectivity index (χ3v) is 5.29. The Morgan fingerprint density at radius 2 is 2.08 bits per heavy atom. The molecule has 3 rings (SSSR count). The summed E-state index contributed by atoms with van der Waals surface area (Å²) in [6.07, 6.45) is 1.70. The van der Waals surface area contributed by atoms with Crippen LogP contribution in [0.25, 0.3) is 10.6 Å². The van der Waals surface area contributed by atoms with E-state index in [4.69, 9.17) is 0 Å². The van der Waals surface area contributed by atoms with Crippen molar-refractivity contribution in [3.8, 4) is 10.6 Å². The molecule has 4 nitrogen and oxygen atoms in total. The van der Waals surface area contributed by atoms with E-state index in [1.165, 1.54) is 17.4 Å². The lowest BCUT2D eigenvalue weighted by Crippen LogP contribution is -2.13. The number of hydrogen-bond acceptors (Lipinski definition) is 5. The van der Waals surface area contributed by atoms with Crippen molar-refractivity contribution in [2.75, 3.05) is 11.1 Å². The topological polar surface area (TPSA) is 54.9 Å². The minimum absolute atomic E-state index is 0.0720. The number of thiazole rings is 1. The molecular weight excluding hydrogens is 364 g/mol. The van der Waals surface area contributed by atoms with E-state index in [0.717, 1.165) is 40.2 Å². The Morgan fingerprint density at radius 3 is 2.80 bits per heavy atom. The molecular formula is C17H13F2N3OS2. The molecule has 8 heteroatoms. The van der Waals surface area contributed by atoms with Crippen LogP contribution >= 0.6 is 23.1 Å². The van der Waals surface area contributed by atoms with E-state index in [9.17, 15) is 13.6 Å². The molecule has 3 aromatic rings. The lowest BCUT2D eigenvalue weighted by atomic mass is 10.3. The summed E-state index contributed by atoms with van der Waals surface area (Å²) in [4.78, 5) is 22.0. The fourth-order valence-corrected chi connectivity index (χ4v) is 3.74. The summed E-state index contributed by atoms with van der Waals surface area (Å²) in [5.74, 6) is -2.03. The van der Waals surface area contributed by atoms with Gasteiger partial charge < -0.3 is 5.32 Å². The van der Waals surface area contributed by atoms with E-state index in [0.29, 0.717) is 10.0 Å². The summed E-state index contributed by atoms with van der Waals surface area (Å²) < 4.78 is 26.0. The smallest absolute Gasteiger partial charge is 0.236 e. The highest BCUT2D eigenvalue weighted by Gasteiger charge is 2.13. The van der Waals surface area contributed by atoms with Gasteiger partial charge in [-0.2, -0.15) is 0 Å². The van der Waals surface area contributed by atoms with Crippen LogP contribution in [0.3, 0.4) is 0 Å². The first kappa shape index (κ1) is 17.5. The fraction of sp³-hybridized carbons (Fsp3) is 0.118. The monoisotopic (exact) mass is 377 g/mol. The van der Waals surface area contributed by atoms with E-state index in [2.05, 4.69) is 15.3 Å². The maximum atomic E-state index is 13.2. The highest BCUT2D eigenvalue weighted by Crippen LogP contribution is 2.31. The molecule has 0 unspecified atom stereocenters. The molecule has 2 aromatic heterocycles. The van der Waals surface area contributed by atoms with Crippen LogP contribution in [-0.4, -0.2) is 21.6 Å². The normalized spacial score (nSPS) is 10.7. The Hall–Kier alpha value is -2.32. The number of nitrogens with zero attached hydrogens (tertiary/aromatic N) is 2. The lowest BCUT2D eigenvalue weighted by molar-refractivity contribution is -0.113. The molecule has 0 bridgehead atoms. The molecule has 25 heavy (non-hydrogen) atoms. The number of carbonyl (C=O) groups excluding carboxylic acids is 1. The number of halogens is 2. The van der Waals surface area contributed by atoms with Gasteiger partial charge in [0, 0.05) is 11.1 Å². The maximum absolute atomic E-state index is 13.2. The van der Waals surface area contributed by atoms with Gasteiger partial charge in [0.25, 0.3) is 0 Å². The first-order valence-corrected chi connectivity index (χ1v) is 9.09. The van der Waals surface area contributed by atoms with Gasteiger partial charge in [0.1, 0.15) is 0 Å². The van der Waals surface area contributed by atoms with Crippen molar-refractivity contribution >= 4 is 34.1 Å². The Bertz CT molecular complexity index is 900. The summed E-state index contributed by atoms with van der Waals surface area (Å²) >= 11 is 2.47. The van der Waals surface area contributed by atoms with E-state index >= 15 is 0 Å². The molecule has 0 fully saturated rings. The summed E-state index contributed by atoms with van der Waals surface area (Å²) in [6, 6.07) is 9.14. The van der Waals surface area contributed by atoms with Crippen LogP contribution in [0.1, 0.15) is 5.69 Å². The Kier molecular flexibility index (Phi) is 5.40. The fourth-order valence-electron chi connectivity index (χ4n) is 2.06. The van der Waals surface area contributed by atoms with Gasteiger partial charge in [-0.25, -0.2) is 13.8 Å². The summed E-state index contributed by atoms with van der Waals surface area (Å²) in [5.41, 5.74) is 1.58. The van der Waals surface area contributed by atoms with Gasteiger partial charge in [-0.1, -0.05) is 17.4 Å². The van der Waals surface area contributed by atoms with Crippen LogP contribution in [0.2, 0.25) is 0 Å². The van der Waals surface area contributed by atoms with Crippen LogP contribution < -0.4 is 5.32 Å². The largest absolute Gasteiger partial charge is 0.301 e. The average molecular weight is 377 g/mol.